The number of nitrogens with two attached hydrogens (primary N) is 1. The standard InChI is InChI=1S/C14H18Cl2N2O.ClH/c1-8(17)4-5-18-14(19)12-7-11(12)10-3-2-9(15)6-13(10)16;/h2-3,6,8,11-12H,4-5,7,17H2,1H3,(H,18,19);1H. The molecule has 3 nitrogen and oxygen atoms in total. The molecule has 2 rings (SSSR count). The van der Waals surface area contributed by atoms with Crippen LogP contribution in [0.5, 0.6) is 0 Å². The van der Waals surface area contributed by atoms with Crippen LogP contribution in [0.3, 0.4) is 0 Å². The number of nitrogens with one attached hydrogen (secondary N) is 1. The summed E-state index contributed by atoms with van der Waals surface area (Å²) in [5.74, 6) is 0.350. The second kappa shape index (κ2) is 7.51. The average molecular weight is 338 g/mol. The zero-order chi connectivity index (χ0) is 14.0. The number of hydrogen-bond acceptors (Lipinski definition) is 2. The topological polar surface area (TPSA) is 55.1 Å². The monoisotopic (exact) mass is 336 g/mol. The number of carbonyl (C=O) groups excluding carboxylic acids is 1. The summed E-state index contributed by atoms with van der Waals surface area (Å²) in [5, 5.41) is 4.18. The third-order valence-electron chi connectivity index (χ3n) is 3.39. The quantitative estimate of drug-likeness (QED) is 0.865. The van der Waals surface area contributed by atoms with Gasteiger partial charge in [0.15, 0.2) is 0 Å². The molecular formula is C14H19Cl3N2O. The van der Waals surface area contributed by atoms with Crippen molar-refractivity contribution in [3.63, 3.8) is 0 Å². The number of halogens is 3. The Kier molecular flexibility index (Phi) is 6.59. The summed E-state index contributed by atoms with van der Waals surface area (Å²) >= 11 is 12.0. The molecule has 20 heavy (non-hydrogen) atoms. The highest BCUT2D eigenvalue weighted by Crippen LogP contribution is 2.49. The Hall–Kier alpha value is -0.480. The molecule has 1 aliphatic rings. The van der Waals surface area contributed by atoms with Gasteiger partial charge in [0, 0.05) is 28.5 Å². The van der Waals surface area contributed by atoms with Gasteiger partial charge >= 0.3 is 0 Å². The molecule has 0 radical (unpaired) electrons. The first-order valence-electron chi connectivity index (χ1n) is 6.47. The van der Waals surface area contributed by atoms with Crippen LogP contribution in [-0.2, 0) is 4.79 Å². The maximum Gasteiger partial charge on any atom is 0.223 e. The van der Waals surface area contributed by atoms with Gasteiger partial charge in [-0.2, -0.15) is 0 Å². The van der Waals surface area contributed by atoms with E-state index < -0.39 is 0 Å². The summed E-state index contributed by atoms with van der Waals surface area (Å²) in [7, 11) is 0. The molecule has 0 saturated heterocycles. The largest absolute Gasteiger partial charge is 0.356 e. The molecule has 0 bridgehead atoms. The van der Waals surface area contributed by atoms with Gasteiger partial charge in [-0.1, -0.05) is 29.3 Å². The van der Waals surface area contributed by atoms with E-state index in [4.69, 9.17) is 28.9 Å². The Labute approximate surface area is 135 Å². The van der Waals surface area contributed by atoms with Crippen LogP contribution in [0.15, 0.2) is 18.2 Å². The normalized spacial score (nSPS) is 21.8. The van der Waals surface area contributed by atoms with E-state index in [2.05, 4.69) is 5.32 Å². The van der Waals surface area contributed by atoms with Crippen LogP contribution < -0.4 is 11.1 Å². The van der Waals surface area contributed by atoms with Gasteiger partial charge in [0.05, 0.1) is 0 Å². The van der Waals surface area contributed by atoms with Crippen molar-refractivity contribution < 1.29 is 4.79 Å². The van der Waals surface area contributed by atoms with Crippen molar-refractivity contribution in [2.45, 2.75) is 31.7 Å². The van der Waals surface area contributed by atoms with Crippen LogP contribution in [0.1, 0.15) is 31.2 Å². The second-order valence-corrected chi connectivity index (χ2v) is 6.02. The van der Waals surface area contributed by atoms with Crippen molar-refractivity contribution in [3.8, 4) is 0 Å². The zero-order valence-electron chi connectivity index (χ0n) is 11.2. The van der Waals surface area contributed by atoms with E-state index in [0.29, 0.717) is 16.6 Å². The first-order chi connectivity index (χ1) is 8.99. The number of rotatable bonds is 5. The van der Waals surface area contributed by atoms with Crippen LogP contribution >= 0.6 is 35.6 Å². The van der Waals surface area contributed by atoms with Crippen molar-refractivity contribution in [1.29, 1.82) is 0 Å². The molecule has 3 atom stereocenters. The Balaban J connectivity index is 0.00000200. The number of carbonyl (C=O) groups is 1. The fraction of sp³-hybridized carbons (Fsp3) is 0.500. The van der Waals surface area contributed by atoms with Gasteiger partial charge in [-0.15, -0.1) is 12.4 Å². The summed E-state index contributed by atoms with van der Waals surface area (Å²) in [6, 6.07) is 5.56. The van der Waals surface area contributed by atoms with E-state index in [1.54, 1.807) is 6.07 Å². The lowest BCUT2D eigenvalue weighted by atomic mass is 10.1. The van der Waals surface area contributed by atoms with E-state index in [1.807, 2.05) is 19.1 Å². The molecule has 6 heteroatoms. The molecule has 1 saturated carbocycles. The van der Waals surface area contributed by atoms with Crippen molar-refractivity contribution in [1.82, 2.24) is 5.32 Å². The SMILES string of the molecule is CC(N)CCNC(=O)C1CC1c1ccc(Cl)cc1Cl.Cl. The Morgan fingerprint density at radius 2 is 2.20 bits per heavy atom. The van der Waals surface area contributed by atoms with Crippen LogP contribution in [0, 0.1) is 5.92 Å². The minimum absolute atomic E-state index is 0. The third-order valence-corrected chi connectivity index (χ3v) is 3.95. The summed E-state index contributed by atoms with van der Waals surface area (Å²) in [5.41, 5.74) is 6.65. The van der Waals surface area contributed by atoms with Gasteiger partial charge in [-0.25, -0.2) is 0 Å². The molecule has 1 aromatic carbocycles. The minimum atomic E-state index is 0. The lowest BCUT2D eigenvalue weighted by Crippen LogP contribution is -2.30. The summed E-state index contributed by atoms with van der Waals surface area (Å²) in [6.45, 7) is 2.56. The lowest BCUT2D eigenvalue weighted by molar-refractivity contribution is -0.122. The molecule has 1 aromatic rings. The second-order valence-electron chi connectivity index (χ2n) is 5.17. The molecule has 0 aromatic heterocycles. The van der Waals surface area contributed by atoms with E-state index in [1.165, 1.54) is 0 Å². The highest BCUT2D eigenvalue weighted by atomic mass is 35.5. The van der Waals surface area contributed by atoms with Gasteiger partial charge in [0.2, 0.25) is 5.91 Å². The molecule has 1 aliphatic carbocycles. The van der Waals surface area contributed by atoms with Crippen molar-refractivity contribution in [3.05, 3.63) is 33.8 Å². The summed E-state index contributed by atoms with van der Waals surface area (Å²) in [4.78, 5) is 11.9. The van der Waals surface area contributed by atoms with Gasteiger partial charge < -0.3 is 11.1 Å². The van der Waals surface area contributed by atoms with Crippen molar-refractivity contribution in [2.75, 3.05) is 6.54 Å². The van der Waals surface area contributed by atoms with Gasteiger partial charge in [-0.05, 0) is 43.4 Å². The fourth-order valence-electron chi connectivity index (χ4n) is 2.18. The molecule has 1 fully saturated rings. The molecule has 3 N–H and O–H groups in total. The third kappa shape index (κ3) is 4.52. The smallest absolute Gasteiger partial charge is 0.223 e. The highest BCUT2D eigenvalue weighted by molar-refractivity contribution is 6.35. The Morgan fingerprint density at radius 3 is 2.80 bits per heavy atom. The molecule has 0 aliphatic heterocycles. The minimum Gasteiger partial charge on any atom is -0.356 e. The van der Waals surface area contributed by atoms with E-state index >= 15 is 0 Å². The van der Waals surface area contributed by atoms with E-state index in [0.717, 1.165) is 18.4 Å². The van der Waals surface area contributed by atoms with Crippen LogP contribution in [-0.4, -0.2) is 18.5 Å². The maximum atomic E-state index is 11.9. The first-order valence-corrected chi connectivity index (χ1v) is 7.23. The van der Waals surface area contributed by atoms with E-state index in [9.17, 15) is 4.79 Å². The van der Waals surface area contributed by atoms with E-state index in [-0.39, 0.29) is 36.2 Å². The molecule has 0 spiro atoms. The first kappa shape index (κ1) is 17.6. The molecule has 1 amide bonds. The number of hydrogen-bond donors (Lipinski definition) is 2. The number of amides is 1. The Bertz CT molecular complexity index is 479. The van der Waals surface area contributed by atoms with Gasteiger partial charge in [-0.3, -0.25) is 4.79 Å². The summed E-state index contributed by atoms with van der Waals surface area (Å²) < 4.78 is 0. The molecule has 3 unspecified atom stereocenters. The van der Waals surface area contributed by atoms with Crippen LogP contribution in [0.4, 0.5) is 0 Å². The highest BCUT2D eigenvalue weighted by Gasteiger charge is 2.44. The number of benzene rings is 1. The predicted octanol–water partition coefficient (Wildman–Crippen LogP) is 3.37. The van der Waals surface area contributed by atoms with Gasteiger partial charge in [0.25, 0.3) is 0 Å². The predicted molar refractivity (Wildman–Crippen MR) is 85.8 cm³/mol. The fourth-order valence-corrected chi connectivity index (χ4v) is 2.73. The molecule has 112 valence electrons. The van der Waals surface area contributed by atoms with Crippen molar-refractivity contribution in [2.24, 2.45) is 11.7 Å². The van der Waals surface area contributed by atoms with Crippen LogP contribution in [0.2, 0.25) is 10.0 Å². The molecule has 0 heterocycles. The average Bonchev–Trinajstić information content (AvgIpc) is 3.08. The van der Waals surface area contributed by atoms with Crippen LogP contribution in [0.25, 0.3) is 0 Å². The molecular weight excluding hydrogens is 319 g/mol. The van der Waals surface area contributed by atoms with Gasteiger partial charge in [0.1, 0.15) is 0 Å². The Morgan fingerprint density at radius 1 is 1.50 bits per heavy atom. The maximum absolute atomic E-state index is 11.9. The van der Waals surface area contributed by atoms with Crippen molar-refractivity contribution >= 4 is 41.5 Å². The lowest BCUT2D eigenvalue weighted by Gasteiger charge is -2.07. The summed E-state index contributed by atoms with van der Waals surface area (Å²) in [6.07, 6.45) is 1.65. The zero-order valence-corrected chi connectivity index (χ0v) is 13.6.